The summed E-state index contributed by atoms with van der Waals surface area (Å²) in [5.41, 5.74) is 6.76. The van der Waals surface area contributed by atoms with Crippen molar-refractivity contribution >= 4 is 18.0 Å². The Morgan fingerprint density at radius 1 is 1.04 bits per heavy atom. The molecule has 0 saturated carbocycles. The van der Waals surface area contributed by atoms with Crippen molar-refractivity contribution < 1.29 is 29.0 Å². The molecule has 0 aromatic heterocycles. The van der Waals surface area contributed by atoms with Gasteiger partial charge in [-0.25, -0.2) is 14.5 Å². The monoisotopic (exact) mass is 386 g/mol. The zero-order chi connectivity index (χ0) is 20.5. The number of esters is 1. The summed E-state index contributed by atoms with van der Waals surface area (Å²) in [4.78, 5) is 37.9. The third-order valence-corrected chi connectivity index (χ3v) is 4.00. The lowest BCUT2D eigenvalue weighted by molar-refractivity contribution is -0.151. The highest BCUT2D eigenvalue weighted by atomic mass is 16.6. The molecular weight excluding hydrogens is 364 g/mol. The van der Waals surface area contributed by atoms with E-state index in [-0.39, 0.29) is 18.8 Å². The zero-order valence-corrected chi connectivity index (χ0v) is 15.4. The highest BCUT2D eigenvalue weighted by Gasteiger charge is 2.36. The molecule has 28 heavy (non-hydrogen) atoms. The lowest BCUT2D eigenvalue weighted by atomic mass is 10.0. The van der Waals surface area contributed by atoms with Crippen LogP contribution in [0.4, 0.5) is 4.79 Å². The molecule has 0 heterocycles. The van der Waals surface area contributed by atoms with Gasteiger partial charge in [0.2, 0.25) is 5.91 Å². The van der Waals surface area contributed by atoms with Crippen molar-refractivity contribution in [3.05, 3.63) is 65.7 Å². The Labute approximate surface area is 162 Å². The largest absolute Gasteiger partial charge is 0.508 e. The number of methoxy groups -OCH3 is 1. The Bertz CT molecular complexity index is 807. The molecule has 0 spiro atoms. The highest BCUT2D eigenvalue weighted by Crippen LogP contribution is 2.16. The number of nitrogens with zero attached hydrogens (tertiary/aromatic N) is 1. The second kappa shape index (κ2) is 10.1. The number of amides is 2. The van der Waals surface area contributed by atoms with Gasteiger partial charge in [0.1, 0.15) is 18.4 Å². The van der Waals surface area contributed by atoms with E-state index in [2.05, 4.69) is 0 Å². The summed E-state index contributed by atoms with van der Waals surface area (Å²) in [5.74, 6) is -1.51. The SMILES string of the molecule is COC(=O)[C@@H](Cc1ccc(O)cc1)N(C(=O)CN)C(=O)OCc1ccccc1. The minimum absolute atomic E-state index is 0.0148. The molecule has 3 N–H and O–H groups in total. The fourth-order valence-electron chi connectivity index (χ4n) is 2.56. The summed E-state index contributed by atoms with van der Waals surface area (Å²) in [7, 11) is 1.16. The first-order valence-corrected chi connectivity index (χ1v) is 8.54. The van der Waals surface area contributed by atoms with Crippen molar-refractivity contribution in [2.75, 3.05) is 13.7 Å². The van der Waals surface area contributed by atoms with Gasteiger partial charge in [-0.2, -0.15) is 0 Å². The average molecular weight is 386 g/mol. The Hall–Kier alpha value is -3.39. The van der Waals surface area contributed by atoms with Gasteiger partial charge in [0.05, 0.1) is 13.7 Å². The smallest absolute Gasteiger partial charge is 0.417 e. The van der Waals surface area contributed by atoms with Gasteiger partial charge in [0, 0.05) is 6.42 Å². The number of imide groups is 1. The maximum absolute atomic E-state index is 12.6. The molecule has 0 saturated heterocycles. The number of carbonyl (C=O) groups excluding carboxylic acids is 3. The Morgan fingerprint density at radius 2 is 1.68 bits per heavy atom. The van der Waals surface area contributed by atoms with Crippen LogP contribution >= 0.6 is 0 Å². The van der Waals surface area contributed by atoms with Crippen LogP contribution in [0.3, 0.4) is 0 Å². The summed E-state index contributed by atoms with van der Waals surface area (Å²) in [6.07, 6.45) is -1.01. The molecule has 2 rings (SSSR count). The van der Waals surface area contributed by atoms with E-state index in [0.29, 0.717) is 10.5 Å². The maximum atomic E-state index is 12.6. The van der Waals surface area contributed by atoms with Crippen molar-refractivity contribution in [3.8, 4) is 5.75 Å². The van der Waals surface area contributed by atoms with Crippen LogP contribution in [0.2, 0.25) is 0 Å². The fraction of sp³-hybridized carbons (Fsp3) is 0.250. The van der Waals surface area contributed by atoms with Gasteiger partial charge < -0.3 is 20.3 Å². The summed E-state index contributed by atoms with van der Waals surface area (Å²) in [5, 5.41) is 9.40. The summed E-state index contributed by atoms with van der Waals surface area (Å²) < 4.78 is 9.97. The quantitative estimate of drug-likeness (QED) is 0.694. The van der Waals surface area contributed by atoms with E-state index in [1.165, 1.54) is 12.1 Å². The van der Waals surface area contributed by atoms with E-state index >= 15 is 0 Å². The van der Waals surface area contributed by atoms with Crippen LogP contribution in [-0.4, -0.2) is 47.7 Å². The number of hydrogen-bond acceptors (Lipinski definition) is 7. The van der Waals surface area contributed by atoms with Crippen LogP contribution in [0.1, 0.15) is 11.1 Å². The van der Waals surface area contributed by atoms with Crippen LogP contribution in [0.15, 0.2) is 54.6 Å². The van der Waals surface area contributed by atoms with E-state index in [0.717, 1.165) is 12.7 Å². The number of aromatic hydroxyl groups is 1. The van der Waals surface area contributed by atoms with Crippen molar-refractivity contribution in [1.29, 1.82) is 0 Å². The summed E-state index contributed by atoms with van der Waals surface area (Å²) in [6.45, 7) is -0.551. The van der Waals surface area contributed by atoms with Gasteiger partial charge in [-0.15, -0.1) is 0 Å². The predicted octanol–water partition coefficient (Wildman–Crippen LogP) is 1.60. The molecule has 8 nitrogen and oxygen atoms in total. The Morgan fingerprint density at radius 3 is 2.25 bits per heavy atom. The van der Waals surface area contributed by atoms with Crippen molar-refractivity contribution in [1.82, 2.24) is 4.90 Å². The van der Waals surface area contributed by atoms with E-state index in [1.54, 1.807) is 36.4 Å². The predicted molar refractivity (Wildman–Crippen MR) is 100 cm³/mol. The molecule has 148 valence electrons. The van der Waals surface area contributed by atoms with Gasteiger partial charge in [-0.3, -0.25) is 4.79 Å². The molecule has 0 aliphatic carbocycles. The van der Waals surface area contributed by atoms with Crippen LogP contribution in [0.25, 0.3) is 0 Å². The fourth-order valence-corrected chi connectivity index (χ4v) is 2.56. The van der Waals surface area contributed by atoms with Crippen molar-refractivity contribution in [2.24, 2.45) is 5.73 Å². The second-order valence-electron chi connectivity index (χ2n) is 5.92. The van der Waals surface area contributed by atoms with Crippen LogP contribution in [0.5, 0.6) is 5.75 Å². The molecule has 0 bridgehead atoms. The number of hydrogen-bond donors (Lipinski definition) is 2. The molecule has 0 radical (unpaired) electrons. The first-order valence-electron chi connectivity index (χ1n) is 8.54. The third-order valence-electron chi connectivity index (χ3n) is 4.00. The minimum atomic E-state index is -1.26. The Kier molecular flexibility index (Phi) is 7.53. The van der Waals surface area contributed by atoms with Gasteiger partial charge in [-0.1, -0.05) is 42.5 Å². The molecule has 0 fully saturated rings. The van der Waals surface area contributed by atoms with Crippen molar-refractivity contribution in [2.45, 2.75) is 19.1 Å². The molecule has 2 amide bonds. The molecule has 0 aliphatic rings. The van der Waals surface area contributed by atoms with Gasteiger partial charge in [-0.05, 0) is 23.3 Å². The molecule has 2 aromatic carbocycles. The van der Waals surface area contributed by atoms with Gasteiger partial charge in [0.25, 0.3) is 0 Å². The number of ether oxygens (including phenoxy) is 2. The number of nitrogens with two attached hydrogens (primary N) is 1. The number of phenolic OH excluding ortho intramolecular Hbond substituents is 1. The first-order chi connectivity index (χ1) is 13.5. The Balaban J connectivity index is 2.23. The van der Waals surface area contributed by atoms with Gasteiger partial charge in [0.15, 0.2) is 0 Å². The van der Waals surface area contributed by atoms with Crippen LogP contribution in [-0.2, 0) is 32.1 Å². The normalized spacial score (nSPS) is 11.4. The lowest BCUT2D eigenvalue weighted by Crippen LogP contribution is -2.52. The molecule has 8 heteroatoms. The molecular formula is C20H22N2O6. The van der Waals surface area contributed by atoms with Crippen molar-refractivity contribution in [3.63, 3.8) is 0 Å². The number of carbonyl (C=O) groups is 3. The highest BCUT2D eigenvalue weighted by molar-refractivity contribution is 5.97. The molecule has 2 aromatic rings. The topological polar surface area (TPSA) is 119 Å². The average Bonchev–Trinajstić information content (AvgIpc) is 2.73. The minimum Gasteiger partial charge on any atom is -0.508 e. The summed E-state index contributed by atoms with van der Waals surface area (Å²) >= 11 is 0. The van der Waals surface area contributed by atoms with E-state index < -0.39 is 30.6 Å². The zero-order valence-electron chi connectivity index (χ0n) is 15.4. The third kappa shape index (κ3) is 5.55. The first kappa shape index (κ1) is 20.9. The van der Waals surface area contributed by atoms with Gasteiger partial charge >= 0.3 is 12.1 Å². The number of benzene rings is 2. The second-order valence-corrected chi connectivity index (χ2v) is 5.92. The van der Waals surface area contributed by atoms with E-state index in [1.807, 2.05) is 6.07 Å². The summed E-state index contributed by atoms with van der Waals surface area (Å²) in [6, 6.07) is 13.7. The lowest BCUT2D eigenvalue weighted by Gasteiger charge is -2.27. The molecule has 0 aliphatic heterocycles. The standard InChI is InChI=1S/C20H22N2O6/c1-27-19(25)17(11-14-7-9-16(23)10-8-14)22(18(24)12-21)20(26)28-13-15-5-3-2-4-6-15/h2-10,17,23H,11-13,21H2,1H3/t17-/m1/s1. The maximum Gasteiger partial charge on any atom is 0.417 e. The molecule has 0 unspecified atom stereocenters. The van der Waals surface area contributed by atoms with Crippen LogP contribution in [0, 0.1) is 0 Å². The molecule has 1 atom stereocenters. The van der Waals surface area contributed by atoms with Crippen LogP contribution < -0.4 is 5.73 Å². The van der Waals surface area contributed by atoms with E-state index in [4.69, 9.17) is 15.2 Å². The number of phenols is 1. The number of rotatable bonds is 7. The van der Waals surface area contributed by atoms with E-state index in [9.17, 15) is 19.5 Å².